The summed E-state index contributed by atoms with van der Waals surface area (Å²) in [5.74, 6) is -0.767. The number of esters is 1. The van der Waals surface area contributed by atoms with Crippen LogP contribution in [0.3, 0.4) is 0 Å². The van der Waals surface area contributed by atoms with E-state index in [2.05, 4.69) is 0 Å². The molecule has 28 heavy (non-hydrogen) atoms. The summed E-state index contributed by atoms with van der Waals surface area (Å²) < 4.78 is 56.3. The molecule has 8 heteroatoms. The molecule has 1 fully saturated rings. The number of carbonyl (C=O) groups excluding carboxylic acids is 1. The third-order valence-electron chi connectivity index (χ3n) is 4.73. The third-order valence-corrected chi connectivity index (χ3v) is 10.2. The molecule has 1 aliphatic rings. The monoisotopic (exact) mass is 420 g/mol. The zero-order chi connectivity index (χ0) is 20.4. The molecule has 1 atom stereocenters. The molecule has 0 bridgehead atoms. The Labute approximate surface area is 164 Å². The Morgan fingerprint density at radius 2 is 1.36 bits per heavy atom. The van der Waals surface area contributed by atoms with E-state index in [1.165, 1.54) is 67.6 Å². The molecule has 0 aliphatic carbocycles. The maximum Gasteiger partial charge on any atom is 0.306 e. The van der Waals surface area contributed by atoms with Crippen molar-refractivity contribution >= 4 is 25.6 Å². The molecule has 148 valence electrons. The van der Waals surface area contributed by atoms with E-state index >= 15 is 0 Å². The molecule has 0 N–H and O–H groups in total. The van der Waals surface area contributed by atoms with Gasteiger partial charge < -0.3 is 4.74 Å². The first kappa shape index (κ1) is 20.3. The molecule has 6 nitrogen and oxygen atoms in total. The van der Waals surface area contributed by atoms with Crippen LogP contribution in [0.15, 0.2) is 82.6 Å². The minimum atomic E-state index is -4.31. The number of benzene rings is 2. The highest BCUT2D eigenvalue weighted by Crippen LogP contribution is 2.37. The van der Waals surface area contributed by atoms with Crippen LogP contribution in [-0.2, 0) is 29.2 Å². The van der Waals surface area contributed by atoms with Gasteiger partial charge in [-0.2, -0.15) is 0 Å². The average Bonchev–Trinajstić information content (AvgIpc) is 3.12. The second-order valence-corrected chi connectivity index (χ2v) is 11.6. The predicted molar refractivity (Wildman–Crippen MR) is 104 cm³/mol. The number of hydrogen-bond acceptors (Lipinski definition) is 6. The van der Waals surface area contributed by atoms with Gasteiger partial charge in [0.25, 0.3) is 0 Å². The lowest BCUT2D eigenvalue weighted by Gasteiger charge is -2.26. The van der Waals surface area contributed by atoms with Crippen LogP contribution >= 0.6 is 0 Å². The van der Waals surface area contributed by atoms with Gasteiger partial charge in [-0.3, -0.25) is 4.79 Å². The van der Waals surface area contributed by atoms with Gasteiger partial charge in [0.05, 0.1) is 22.8 Å². The maximum absolute atomic E-state index is 13.4. The Kier molecular flexibility index (Phi) is 5.45. The first-order valence-electron chi connectivity index (χ1n) is 8.63. The quantitative estimate of drug-likeness (QED) is 0.527. The molecule has 1 aliphatic heterocycles. The minimum absolute atomic E-state index is 0.0867. The molecule has 0 unspecified atom stereocenters. The number of ether oxygens (including phenoxy) is 1. The molecular formula is C20H20O6S2. The Hall–Kier alpha value is -2.45. The second-order valence-electron chi connectivity index (χ2n) is 6.66. The molecule has 1 saturated heterocycles. The summed E-state index contributed by atoms with van der Waals surface area (Å²) in [6.07, 6.45) is 2.71. The Morgan fingerprint density at radius 3 is 1.75 bits per heavy atom. The van der Waals surface area contributed by atoms with Crippen LogP contribution in [0.4, 0.5) is 0 Å². The zero-order valence-electron chi connectivity index (χ0n) is 15.2. The smallest absolute Gasteiger partial charge is 0.306 e. The van der Waals surface area contributed by atoms with Gasteiger partial charge in [-0.05, 0) is 31.2 Å². The fourth-order valence-corrected chi connectivity index (χ4v) is 7.17. The van der Waals surface area contributed by atoms with E-state index in [0.717, 1.165) is 0 Å². The highest BCUT2D eigenvalue weighted by atomic mass is 32.3. The highest BCUT2D eigenvalue weighted by Gasteiger charge is 2.50. The molecule has 2 aromatic carbocycles. The molecule has 1 heterocycles. The lowest BCUT2D eigenvalue weighted by Crippen LogP contribution is -2.42. The van der Waals surface area contributed by atoms with E-state index in [9.17, 15) is 21.6 Å². The molecule has 0 saturated carbocycles. The van der Waals surface area contributed by atoms with Crippen LogP contribution in [0.2, 0.25) is 0 Å². The van der Waals surface area contributed by atoms with Crippen molar-refractivity contribution < 1.29 is 26.4 Å². The largest absolute Gasteiger partial charge is 0.465 e. The van der Waals surface area contributed by atoms with Gasteiger partial charge in [0.15, 0.2) is 4.08 Å². The number of hydrogen-bond donors (Lipinski definition) is 0. The van der Waals surface area contributed by atoms with E-state index in [1.54, 1.807) is 12.1 Å². The van der Waals surface area contributed by atoms with E-state index < -0.39 is 29.7 Å². The number of carbonyl (C=O) groups is 1. The summed E-state index contributed by atoms with van der Waals surface area (Å²) in [7, 11) is -8.62. The van der Waals surface area contributed by atoms with Crippen LogP contribution in [0.25, 0.3) is 0 Å². The van der Waals surface area contributed by atoms with Crippen LogP contribution in [0.5, 0.6) is 0 Å². The molecule has 0 radical (unpaired) electrons. The SMILES string of the molecule is CC(/C=C/[C@H]1COC(=O)C1)(S(=O)(=O)c1ccccc1)S(=O)(=O)c1ccccc1. The van der Waals surface area contributed by atoms with Gasteiger partial charge >= 0.3 is 5.97 Å². The van der Waals surface area contributed by atoms with Gasteiger partial charge in [0, 0.05) is 5.92 Å². The summed E-state index contributed by atoms with van der Waals surface area (Å²) in [5.41, 5.74) is 0. The van der Waals surface area contributed by atoms with Crippen molar-refractivity contribution in [3.63, 3.8) is 0 Å². The number of cyclic esters (lactones) is 1. The van der Waals surface area contributed by atoms with E-state index in [-0.39, 0.29) is 28.7 Å². The zero-order valence-corrected chi connectivity index (χ0v) is 16.8. The van der Waals surface area contributed by atoms with Gasteiger partial charge in [-0.15, -0.1) is 0 Å². The van der Waals surface area contributed by atoms with Gasteiger partial charge in [0.2, 0.25) is 19.7 Å². The fourth-order valence-electron chi connectivity index (χ4n) is 2.96. The van der Waals surface area contributed by atoms with Crippen molar-refractivity contribution in [2.45, 2.75) is 27.2 Å². The standard InChI is InChI=1S/C20H20O6S2/c1-20(13-12-16-14-19(21)26-15-16,27(22,23)17-8-4-2-5-9-17)28(24,25)18-10-6-3-7-11-18/h2-13,16H,14-15H2,1H3/b13-12+/t16-/m1/s1. The molecule has 0 aromatic heterocycles. The highest BCUT2D eigenvalue weighted by molar-refractivity contribution is 8.10. The summed E-state index contributed by atoms with van der Waals surface area (Å²) >= 11 is 0. The normalized spacial score (nSPS) is 18.3. The van der Waals surface area contributed by atoms with Gasteiger partial charge in [-0.1, -0.05) is 48.6 Å². The van der Waals surface area contributed by atoms with Crippen LogP contribution in [0.1, 0.15) is 13.3 Å². The van der Waals surface area contributed by atoms with Gasteiger partial charge in [-0.25, -0.2) is 16.8 Å². The van der Waals surface area contributed by atoms with E-state index in [1.807, 2.05) is 0 Å². The molecule has 3 rings (SSSR count). The van der Waals surface area contributed by atoms with E-state index in [0.29, 0.717) is 0 Å². The topological polar surface area (TPSA) is 94.6 Å². The molecule has 0 amide bonds. The van der Waals surface area contributed by atoms with Crippen molar-refractivity contribution in [3.8, 4) is 0 Å². The van der Waals surface area contributed by atoms with Crippen molar-refractivity contribution in [1.29, 1.82) is 0 Å². The number of rotatable bonds is 6. The molecule has 2 aromatic rings. The maximum atomic E-state index is 13.4. The average molecular weight is 421 g/mol. The first-order chi connectivity index (χ1) is 13.2. The van der Waals surface area contributed by atoms with Crippen LogP contribution in [-0.4, -0.2) is 33.5 Å². The Balaban J connectivity index is 2.17. The predicted octanol–water partition coefficient (Wildman–Crippen LogP) is 2.77. The summed E-state index contributed by atoms with van der Waals surface area (Å²) in [6.45, 7) is 1.27. The van der Waals surface area contributed by atoms with Gasteiger partial charge in [0.1, 0.15) is 0 Å². The van der Waals surface area contributed by atoms with E-state index in [4.69, 9.17) is 4.74 Å². The summed E-state index contributed by atoms with van der Waals surface area (Å²) in [4.78, 5) is 11.1. The Morgan fingerprint density at radius 1 is 0.893 bits per heavy atom. The minimum Gasteiger partial charge on any atom is -0.465 e. The fraction of sp³-hybridized carbons (Fsp3) is 0.250. The van der Waals surface area contributed by atoms with Crippen LogP contribution < -0.4 is 0 Å². The van der Waals surface area contributed by atoms with Crippen molar-refractivity contribution in [3.05, 3.63) is 72.8 Å². The third kappa shape index (κ3) is 3.49. The lowest BCUT2D eigenvalue weighted by atomic mass is 10.1. The summed E-state index contributed by atoms with van der Waals surface area (Å²) in [5, 5.41) is 0. The second kappa shape index (κ2) is 7.52. The lowest BCUT2D eigenvalue weighted by molar-refractivity contribution is -0.137. The molecule has 0 spiro atoms. The van der Waals surface area contributed by atoms with Crippen LogP contribution in [0, 0.1) is 5.92 Å². The summed E-state index contributed by atoms with van der Waals surface area (Å²) in [6, 6.07) is 14.9. The van der Waals surface area contributed by atoms with Crippen molar-refractivity contribution in [1.82, 2.24) is 0 Å². The Bertz CT molecular complexity index is 1020. The van der Waals surface area contributed by atoms with Crippen molar-refractivity contribution in [2.24, 2.45) is 5.92 Å². The van der Waals surface area contributed by atoms with Crippen molar-refractivity contribution in [2.75, 3.05) is 6.61 Å². The molecular weight excluding hydrogens is 400 g/mol. The number of sulfone groups is 2. The first-order valence-corrected chi connectivity index (χ1v) is 11.6.